The number of allylic oxidation sites excluding steroid dienone is 1. The van der Waals surface area contributed by atoms with Crippen molar-refractivity contribution in [3.05, 3.63) is 185 Å². The van der Waals surface area contributed by atoms with Crippen LogP contribution in [-0.2, 0) is 11.2 Å². The van der Waals surface area contributed by atoms with E-state index in [1.807, 2.05) is 0 Å². The standard InChI is InChI=1S/C44H37N3O/c1-27-24-33-21-20-32-26-35(22-23-36(32)37(33)42-38(27)46-44(48-42)30-16-9-4-10-17-30)43-45-39(41-40(47(41)43)29-14-7-3-8-15-29)34-19-11-18-31(25-34)28-12-5-2-6-13-28/h2-23,25-27,39-41,43-46H,24H2,1H3. The number of nitrogens with one attached hydrogen (secondary N) is 2. The molecule has 0 saturated carbocycles. The minimum atomic E-state index is -0.159. The fourth-order valence-corrected chi connectivity index (χ4v) is 8.62. The van der Waals surface area contributed by atoms with Crippen LogP contribution in [0.1, 0.15) is 64.8 Å². The molecular formula is C44H37N3O. The molecule has 10 rings (SSSR count). The van der Waals surface area contributed by atoms with Gasteiger partial charge in [0.15, 0.2) is 6.23 Å². The highest BCUT2D eigenvalue weighted by molar-refractivity contribution is 5.96. The molecule has 48 heavy (non-hydrogen) atoms. The van der Waals surface area contributed by atoms with Crippen LogP contribution in [0.15, 0.2) is 151 Å². The van der Waals surface area contributed by atoms with Gasteiger partial charge in [0, 0.05) is 17.0 Å². The Kier molecular flexibility index (Phi) is 6.36. The van der Waals surface area contributed by atoms with E-state index in [0.29, 0.717) is 18.0 Å². The summed E-state index contributed by atoms with van der Waals surface area (Å²) in [6.45, 7) is 2.30. The summed E-state index contributed by atoms with van der Waals surface area (Å²) in [4.78, 5) is 2.67. The highest BCUT2D eigenvalue weighted by Crippen LogP contribution is 2.59. The number of fused-ring (bicyclic) bond motifs is 5. The Morgan fingerprint density at radius 1 is 0.646 bits per heavy atom. The zero-order valence-electron chi connectivity index (χ0n) is 26.9. The van der Waals surface area contributed by atoms with Crippen LogP contribution < -0.4 is 10.6 Å². The van der Waals surface area contributed by atoms with Crippen molar-refractivity contribution in [2.75, 3.05) is 0 Å². The average Bonchev–Trinajstić information content (AvgIpc) is 3.48. The number of ether oxygens (including phenoxy) is 1. The number of rotatable bonds is 5. The van der Waals surface area contributed by atoms with Crippen LogP contribution in [0.4, 0.5) is 0 Å². The first-order chi connectivity index (χ1) is 23.7. The maximum Gasteiger partial charge on any atom is 0.196 e. The quantitative estimate of drug-likeness (QED) is 0.188. The van der Waals surface area contributed by atoms with Crippen LogP contribution in [0.2, 0.25) is 0 Å². The maximum atomic E-state index is 6.73. The number of nitrogens with zero attached hydrogens (tertiary/aromatic N) is 1. The number of hydrogen-bond acceptors (Lipinski definition) is 4. The molecule has 7 atom stereocenters. The Morgan fingerprint density at radius 3 is 2.15 bits per heavy atom. The Morgan fingerprint density at radius 2 is 1.35 bits per heavy atom. The molecule has 2 saturated heterocycles. The molecule has 4 nitrogen and oxygen atoms in total. The molecule has 234 valence electrons. The minimum Gasteiger partial charge on any atom is -0.464 e. The Hall–Kier alpha value is -5.16. The van der Waals surface area contributed by atoms with E-state index in [1.165, 1.54) is 55.4 Å². The van der Waals surface area contributed by atoms with Crippen molar-refractivity contribution in [1.82, 2.24) is 15.5 Å². The molecule has 3 aliphatic heterocycles. The van der Waals surface area contributed by atoms with E-state index in [9.17, 15) is 0 Å². The molecule has 4 heteroatoms. The van der Waals surface area contributed by atoms with Crippen LogP contribution >= 0.6 is 0 Å². The van der Waals surface area contributed by atoms with E-state index >= 15 is 0 Å². The summed E-state index contributed by atoms with van der Waals surface area (Å²) >= 11 is 0. The lowest BCUT2D eigenvalue weighted by molar-refractivity contribution is 0.173. The van der Waals surface area contributed by atoms with E-state index < -0.39 is 0 Å². The Bertz CT molecular complexity index is 2200. The molecule has 2 N–H and O–H groups in total. The molecule has 6 aromatic rings. The van der Waals surface area contributed by atoms with Crippen molar-refractivity contribution in [3.63, 3.8) is 0 Å². The summed E-state index contributed by atoms with van der Waals surface area (Å²) in [5, 5.41) is 10.3. The monoisotopic (exact) mass is 623 g/mol. The van der Waals surface area contributed by atoms with Crippen LogP contribution in [-0.4, -0.2) is 10.9 Å². The van der Waals surface area contributed by atoms with Crippen molar-refractivity contribution in [3.8, 4) is 11.1 Å². The second-order valence-corrected chi connectivity index (χ2v) is 13.8. The molecule has 0 aromatic heterocycles. The van der Waals surface area contributed by atoms with Crippen LogP contribution in [0.25, 0.3) is 27.7 Å². The van der Waals surface area contributed by atoms with Gasteiger partial charge in [-0.15, -0.1) is 0 Å². The number of benzene rings is 6. The fourth-order valence-electron chi connectivity index (χ4n) is 8.62. The first-order valence-corrected chi connectivity index (χ1v) is 17.2. The van der Waals surface area contributed by atoms with Gasteiger partial charge in [0.1, 0.15) is 5.76 Å². The lowest BCUT2D eigenvalue weighted by Crippen LogP contribution is -2.27. The zero-order valence-corrected chi connectivity index (χ0v) is 26.9. The van der Waals surface area contributed by atoms with Crippen molar-refractivity contribution in [2.45, 2.75) is 43.9 Å². The van der Waals surface area contributed by atoms with Crippen LogP contribution in [0.3, 0.4) is 0 Å². The van der Waals surface area contributed by atoms with Gasteiger partial charge in [-0.05, 0) is 62.7 Å². The summed E-state index contributed by atoms with van der Waals surface area (Å²) in [5.41, 5.74) is 11.5. The summed E-state index contributed by atoms with van der Waals surface area (Å²) < 4.78 is 6.73. The summed E-state index contributed by atoms with van der Waals surface area (Å²) in [6.07, 6.45) is 0.965. The molecule has 2 fully saturated rings. The lowest BCUT2D eigenvalue weighted by atomic mass is 9.84. The van der Waals surface area contributed by atoms with Crippen molar-refractivity contribution >= 4 is 16.5 Å². The molecular weight excluding hydrogens is 587 g/mol. The average molecular weight is 624 g/mol. The zero-order chi connectivity index (χ0) is 31.8. The smallest absolute Gasteiger partial charge is 0.196 e. The Labute approximate surface area is 281 Å². The fraction of sp³-hybridized carbons (Fsp3) is 0.182. The Balaban J connectivity index is 1.02. The first kappa shape index (κ1) is 27.9. The van der Waals surface area contributed by atoms with E-state index in [2.05, 4.69) is 168 Å². The summed E-state index contributed by atoms with van der Waals surface area (Å²) in [7, 11) is 0. The van der Waals surface area contributed by atoms with Gasteiger partial charge in [-0.25, -0.2) is 0 Å². The third kappa shape index (κ3) is 4.44. The van der Waals surface area contributed by atoms with Gasteiger partial charge in [0.25, 0.3) is 0 Å². The van der Waals surface area contributed by atoms with Gasteiger partial charge in [0.2, 0.25) is 0 Å². The van der Waals surface area contributed by atoms with Gasteiger partial charge < -0.3 is 10.1 Å². The molecule has 1 aliphatic carbocycles. The summed E-state index contributed by atoms with van der Waals surface area (Å²) in [5.74, 6) is 1.40. The minimum absolute atomic E-state index is 0.118. The largest absolute Gasteiger partial charge is 0.464 e. The predicted octanol–water partition coefficient (Wildman–Crippen LogP) is 9.45. The third-order valence-corrected chi connectivity index (χ3v) is 10.9. The molecule has 0 bridgehead atoms. The van der Waals surface area contributed by atoms with Gasteiger partial charge in [-0.3, -0.25) is 10.2 Å². The predicted molar refractivity (Wildman–Crippen MR) is 192 cm³/mol. The molecule has 0 radical (unpaired) electrons. The second-order valence-electron chi connectivity index (χ2n) is 13.8. The highest BCUT2D eigenvalue weighted by atomic mass is 16.5. The third-order valence-electron chi connectivity index (χ3n) is 10.9. The molecule has 4 aliphatic rings. The molecule has 7 unspecified atom stereocenters. The highest BCUT2D eigenvalue weighted by Gasteiger charge is 2.61. The van der Waals surface area contributed by atoms with Crippen molar-refractivity contribution in [1.29, 1.82) is 0 Å². The molecule has 0 amide bonds. The summed E-state index contributed by atoms with van der Waals surface area (Å²) in [6, 6.07) is 54.1. The normalized spacial score (nSPS) is 26.7. The van der Waals surface area contributed by atoms with Crippen LogP contribution in [0, 0.1) is 5.92 Å². The van der Waals surface area contributed by atoms with Gasteiger partial charge >= 0.3 is 0 Å². The second kappa shape index (κ2) is 10.9. The van der Waals surface area contributed by atoms with Gasteiger partial charge in [-0.1, -0.05) is 140 Å². The topological polar surface area (TPSA) is 36.3 Å². The van der Waals surface area contributed by atoms with E-state index in [0.717, 1.165) is 17.7 Å². The molecule has 0 spiro atoms. The van der Waals surface area contributed by atoms with Crippen molar-refractivity contribution < 1.29 is 4.74 Å². The van der Waals surface area contributed by atoms with E-state index in [1.54, 1.807) is 0 Å². The van der Waals surface area contributed by atoms with Crippen LogP contribution in [0.5, 0.6) is 0 Å². The van der Waals surface area contributed by atoms with Crippen molar-refractivity contribution in [2.24, 2.45) is 5.92 Å². The lowest BCUT2D eigenvalue weighted by Gasteiger charge is -2.25. The molecule has 3 heterocycles. The van der Waals surface area contributed by atoms with Gasteiger partial charge in [0.05, 0.1) is 30.0 Å². The SMILES string of the molecule is CC1Cc2ccc3cc(C4NC(c5cccc(-c6ccccc6)c5)C5C(c6ccccc6)N45)ccc3c2C2=C1NC(c1ccccc1)O2. The first-order valence-electron chi connectivity index (χ1n) is 17.2. The maximum absolute atomic E-state index is 6.73. The number of hydrogen-bond donors (Lipinski definition) is 2. The van der Waals surface area contributed by atoms with Gasteiger partial charge in [-0.2, -0.15) is 0 Å². The van der Waals surface area contributed by atoms with E-state index in [4.69, 9.17) is 4.74 Å². The van der Waals surface area contributed by atoms with E-state index in [-0.39, 0.29) is 18.4 Å². The molecule has 6 aromatic carbocycles.